The highest BCUT2D eigenvalue weighted by atomic mass is 35.5. The molecule has 0 aliphatic heterocycles. The van der Waals surface area contributed by atoms with Gasteiger partial charge in [0.05, 0.1) is 85.7 Å². The van der Waals surface area contributed by atoms with Gasteiger partial charge in [0.1, 0.15) is 0 Å². The van der Waals surface area contributed by atoms with E-state index in [0.29, 0.717) is 79.2 Å². The first-order chi connectivity index (χ1) is 11.8. The molecule has 0 aliphatic rings. The van der Waals surface area contributed by atoms with E-state index in [9.17, 15) is 4.79 Å². The summed E-state index contributed by atoms with van der Waals surface area (Å²) >= 11 is 0. The Morgan fingerprint density at radius 1 is 0.600 bits per heavy atom. The monoisotopic (exact) mass is 389 g/mol. The molecule has 0 aromatic rings. The van der Waals surface area contributed by atoms with Crippen LogP contribution in [0.2, 0.25) is 0 Å². The van der Waals surface area contributed by atoms with Crippen molar-refractivity contribution in [1.29, 1.82) is 0 Å². The summed E-state index contributed by atoms with van der Waals surface area (Å²) in [6.07, 6.45) is 0.0101. The van der Waals surface area contributed by atoms with E-state index in [-0.39, 0.29) is 25.4 Å². The third-order valence-corrected chi connectivity index (χ3v) is 2.58. The zero-order valence-corrected chi connectivity index (χ0v) is 15.5. The highest BCUT2D eigenvalue weighted by molar-refractivity contribution is 5.85. The van der Waals surface area contributed by atoms with Crippen LogP contribution in [0.4, 0.5) is 0 Å². The summed E-state index contributed by atoms with van der Waals surface area (Å²) in [5.41, 5.74) is 5.28. The van der Waals surface area contributed by atoms with Crippen molar-refractivity contribution in [1.82, 2.24) is 0 Å². The summed E-state index contributed by atoms with van der Waals surface area (Å²) in [6, 6.07) is 0. The average molecular weight is 390 g/mol. The molecule has 0 aromatic carbocycles. The molecule has 0 radical (unpaired) electrons. The first-order valence-electron chi connectivity index (χ1n) is 8.15. The number of nitrogens with two attached hydrogens (primary N) is 1. The Bertz CT molecular complexity index is 274. The lowest BCUT2D eigenvalue weighted by Crippen LogP contribution is -2.15. The topological polar surface area (TPSA) is 119 Å². The van der Waals surface area contributed by atoms with Gasteiger partial charge in [-0.25, -0.2) is 0 Å². The van der Waals surface area contributed by atoms with Crippen molar-refractivity contribution in [3.05, 3.63) is 0 Å². The maximum absolute atomic E-state index is 10.2. The van der Waals surface area contributed by atoms with Crippen LogP contribution in [-0.2, 0) is 33.2 Å². The number of hydrogen-bond acceptors (Lipinski definition) is 8. The van der Waals surface area contributed by atoms with Gasteiger partial charge in [0.15, 0.2) is 0 Å². The van der Waals surface area contributed by atoms with E-state index in [1.165, 1.54) is 0 Å². The molecular weight excluding hydrogens is 358 g/mol. The molecule has 9 nitrogen and oxygen atoms in total. The van der Waals surface area contributed by atoms with Crippen LogP contribution in [0.1, 0.15) is 6.42 Å². The van der Waals surface area contributed by atoms with Crippen molar-refractivity contribution in [2.75, 3.05) is 85.8 Å². The molecule has 152 valence electrons. The molecule has 0 amide bonds. The highest BCUT2D eigenvalue weighted by Crippen LogP contribution is 1.86. The number of halogens is 1. The van der Waals surface area contributed by atoms with Gasteiger partial charge in [0.2, 0.25) is 0 Å². The van der Waals surface area contributed by atoms with E-state index in [1.54, 1.807) is 0 Å². The minimum Gasteiger partial charge on any atom is -0.481 e. The van der Waals surface area contributed by atoms with Crippen LogP contribution >= 0.6 is 12.4 Å². The third kappa shape index (κ3) is 25.8. The fourth-order valence-electron chi connectivity index (χ4n) is 1.44. The fourth-order valence-corrected chi connectivity index (χ4v) is 1.44. The molecule has 25 heavy (non-hydrogen) atoms. The molecule has 0 spiro atoms. The van der Waals surface area contributed by atoms with Crippen LogP contribution in [-0.4, -0.2) is 96.9 Å². The average Bonchev–Trinajstić information content (AvgIpc) is 2.56. The van der Waals surface area contributed by atoms with Crippen LogP contribution in [0.5, 0.6) is 0 Å². The summed E-state index contributed by atoms with van der Waals surface area (Å²) in [5.74, 6) is -0.866. The third-order valence-electron chi connectivity index (χ3n) is 2.58. The molecule has 0 aliphatic carbocycles. The van der Waals surface area contributed by atoms with Gasteiger partial charge in [-0.3, -0.25) is 4.79 Å². The number of carboxylic acids is 1. The molecule has 0 unspecified atom stereocenters. The van der Waals surface area contributed by atoms with E-state index in [1.807, 2.05) is 0 Å². The second-order valence-corrected chi connectivity index (χ2v) is 4.61. The van der Waals surface area contributed by atoms with E-state index >= 15 is 0 Å². The number of hydrogen-bond donors (Lipinski definition) is 2. The van der Waals surface area contributed by atoms with Crippen molar-refractivity contribution in [3.63, 3.8) is 0 Å². The molecule has 0 atom stereocenters. The SMILES string of the molecule is Cl.NCCOCCOCCOCCOCCOCCOCCC(=O)O. The molecule has 3 N–H and O–H groups in total. The second kappa shape index (κ2) is 23.5. The normalized spacial score (nSPS) is 10.6. The van der Waals surface area contributed by atoms with E-state index in [0.717, 1.165) is 0 Å². The summed E-state index contributed by atoms with van der Waals surface area (Å²) in [5, 5.41) is 8.40. The number of aliphatic carboxylic acids is 1. The summed E-state index contributed by atoms with van der Waals surface area (Å²) in [6.45, 7) is 6.17. The number of carbonyl (C=O) groups is 1. The van der Waals surface area contributed by atoms with Gasteiger partial charge in [-0.2, -0.15) is 0 Å². The Morgan fingerprint density at radius 2 is 0.880 bits per heavy atom. The van der Waals surface area contributed by atoms with Crippen molar-refractivity contribution < 1.29 is 38.3 Å². The molecule has 10 heteroatoms. The minimum atomic E-state index is -0.866. The molecule has 0 bridgehead atoms. The number of ether oxygens (including phenoxy) is 6. The lowest BCUT2D eigenvalue weighted by molar-refractivity contribution is -0.138. The zero-order chi connectivity index (χ0) is 17.7. The standard InChI is InChI=1S/C15H31NO8.ClH/c16-2-4-20-6-8-22-10-12-24-14-13-23-11-9-21-7-5-19-3-1-15(17)18;/h1-14,16H2,(H,17,18);1H. The van der Waals surface area contributed by atoms with Crippen molar-refractivity contribution >= 4 is 18.4 Å². The Balaban J connectivity index is 0. The van der Waals surface area contributed by atoms with Crippen molar-refractivity contribution in [3.8, 4) is 0 Å². The molecule has 0 fully saturated rings. The van der Waals surface area contributed by atoms with Gasteiger partial charge >= 0.3 is 5.97 Å². The predicted octanol–water partition coefficient (Wildman–Crippen LogP) is -0.0588. The summed E-state index contributed by atoms with van der Waals surface area (Å²) in [4.78, 5) is 10.2. The van der Waals surface area contributed by atoms with Gasteiger partial charge in [-0.15, -0.1) is 12.4 Å². The second-order valence-electron chi connectivity index (χ2n) is 4.61. The predicted molar refractivity (Wildman–Crippen MR) is 93.5 cm³/mol. The number of carboxylic acid groups (broad SMARTS) is 1. The quantitative estimate of drug-likeness (QED) is 0.276. The van der Waals surface area contributed by atoms with Crippen LogP contribution in [0.15, 0.2) is 0 Å². The smallest absolute Gasteiger partial charge is 0.305 e. The minimum absolute atomic E-state index is 0. The zero-order valence-electron chi connectivity index (χ0n) is 14.7. The molecule has 0 aromatic heterocycles. The summed E-state index contributed by atoms with van der Waals surface area (Å²) in [7, 11) is 0. The van der Waals surface area contributed by atoms with Crippen LogP contribution < -0.4 is 5.73 Å². The highest BCUT2D eigenvalue weighted by Gasteiger charge is 1.96. The van der Waals surface area contributed by atoms with Gasteiger partial charge in [0.25, 0.3) is 0 Å². The first kappa shape index (κ1) is 26.7. The Hall–Kier alpha value is -0.520. The van der Waals surface area contributed by atoms with E-state index < -0.39 is 5.97 Å². The van der Waals surface area contributed by atoms with Crippen molar-refractivity contribution in [2.24, 2.45) is 5.73 Å². The van der Waals surface area contributed by atoms with E-state index in [4.69, 9.17) is 39.3 Å². The Labute approximate surface area is 155 Å². The van der Waals surface area contributed by atoms with Gasteiger partial charge in [-0.1, -0.05) is 0 Å². The molecule has 0 saturated carbocycles. The van der Waals surface area contributed by atoms with Crippen LogP contribution in [0, 0.1) is 0 Å². The lowest BCUT2D eigenvalue weighted by Gasteiger charge is -2.08. The lowest BCUT2D eigenvalue weighted by atomic mass is 10.5. The van der Waals surface area contributed by atoms with Crippen molar-refractivity contribution in [2.45, 2.75) is 6.42 Å². The fraction of sp³-hybridized carbons (Fsp3) is 0.933. The molecule has 0 saturated heterocycles. The Kier molecular flexibility index (Phi) is 25.1. The summed E-state index contributed by atoms with van der Waals surface area (Å²) < 4.78 is 31.4. The van der Waals surface area contributed by atoms with E-state index in [2.05, 4.69) is 0 Å². The van der Waals surface area contributed by atoms with Gasteiger partial charge in [0, 0.05) is 6.54 Å². The maximum Gasteiger partial charge on any atom is 0.305 e. The first-order valence-corrected chi connectivity index (χ1v) is 8.15. The Morgan fingerprint density at radius 3 is 1.16 bits per heavy atom. The van der Waals surface area contributed by atoms with Crippen LogP contribution in [0.25, 0.3) is 0 Å². The molecule has 0 heterocycles. The molecule has 0 rings (SSSR count). The van der Waals surface area contributed by atoms with Gasteiger partial charge in [-0.05, 0) is 0 Å². The number of rotatable bonds is 20. The largest absolute Gasteiger partial charge is 0.481 e. The van der Waals surface area contributed by atoms with Crippen LogP contribution in [0.3, 0.4) is 0 Å². The van der Waals surface area contributed by atoms with Gasteiger partial charge < -0.3 is 39.3 Å². The maximum atomic E-state index is 10.2. The molecular formula is C15H32ClNO8.